The van der Waals surface area contributed by atoms with Crippen molar-refractivity contribution in [1.82, 2.24) is 14.5 Å². The Hall–Kier alpha value is -2.74. The molecule has 0 saturated carbocycles. The number of hydrogen-bond acceptors (Lipinski definition) is 6. The van der Waals surface area contributed by atoms with E-state index in [0.29, 0.717) is 32.2 Å². The number of pyridine rings is 1. The van der Waals surface area contributed by atoms with Crippen molar-refractivity contribution in [3.05, 3.63) is 45.5 Å². The standard InChI is InChI=1S/C15H14N4O3S/c1-8-11-14(17-7-19(2)15(11)21)23-12(8)13(20)18-9-4-5-10(22-3)16-6-9/h4-7H,1-3H3,(H,18,20). The van der Waals surface area contributed by atoms with Gasteiger partial charge in [-0.05, 0) is 18.6 Å². The van der Waals surface area contributed by atoms with Crippen molar-refractivity contribution < 1.29 is 9.53 Å². The van der Waals surface area contributed by atoms with Crippen LogP contribution in [0.3, 0.4) is 0 Å². The maximum Gasteiger partial charge on any atom is 0.266 e. The molecule has 0 radical (unpaired) electrons. The van der Waals surface area contributed by atoms with E-state index in [1.165, 1.54) is 35.5 Å². The van der Waals surface area contributed by atoms with Gasteiger partial charge in [0.15, 0.2) is 0 Å². The molecule has 23 heavy (non-hydrogen) atoms. The zero-order chi connectivity index (χ0) is 16.6. The van der Waals surface area contributed by atoms with Crippen molar-refractivity contribution >= 4 is 33.1 Å². The largest absolute Gasteiger partial charge is 0.481 e. The van der Waals surface area contributed by atoms with E-state index in [9.17, 15) is 9.59 Å². The summed E-state index contributed by atoms with van der Waals surface area (Å²) in [5.74, 6) is 0.174. The summed E-state index contributed by atoms with van der Waals surface area (Å²) in [4.78, 5) is 33.9. The van der Waals surface area contributed by atoms with Crippen LogP contribution >= 0.6 is 11.3 Å². The average molecular weight is 330 g/mol. The Kier molecular flexibility index (Phi) is 3.83. The lowest BCUT2D eigenvalue weighted by Crippen LogP contribution is -2.17. The molecule has 0 aromatic carbocycles. The second kappa shape index (κ2) is 5.81. The number of ether oxygens (including phenoxy) is 1. The highest BCUT2D eigenvalue weighted by Crippen LogP contribution is 2.27. The third kappa shape index (κ3) is 2.68. The lowest BCUT2D eigenvalue weighted by atomic mass is 10.2. The van der Waals surface area contributed by atoms with E-state index in [2.05, 4.69) is 15.3 Å². The summed E-state index contributed by atoms with van der Waals surface area (Å²) in [6, 6.07) is 3.36. The number of thiophene rings is 1. The zero-order valence-electron chi connectivity index (χ0n) is 12.8. The fourth-order valence-electron chi connectivity index (χ4n) is 2.19. The Balaban J connectivity index is 1.96. The predicted octanol–water partition coefficient (Wildman–Crippen LogP) is 1.96. The zero-order valence-corrected chi connectivity index (χ0v) is 13.6. The number of nitrogens with one attached hydrogen (secondary N) is 1. The number of amides is 1. The van der Waals surface area contributed by atoms with E-state index >= 15 is 0 Å². The van der Waals surface area contributed by atoms with Gasteiger partial charge in [0, 0.05) is 13.1 Å². The van der Waals surface area contributed by atoms with E-state index in [4.69, 9.17) is 4.74 Å². The van der Waals surface area contributed by atoms with Crippen molar-refractivity contribution in [2.24, 2.45) is 7.05 Å². The van der Waals surface area contributed by atoms with E-state index in [1.807, 2.05) is 0 Å². The van der Waals surface area contributed by atoms with Gasteiger partial charge in [-0.1, -0.05) is 0 Å². The van der Waals surface area contributed by atoms with Crippen LogP contribution in [0.25, 0.3) is 10.2 Å². The molecule has 7 nitrogen and oxygen atoms in total. The molecule has 118 valence electrons. The fraction of sp³-hybridized carbons (Fsp3) is 0.200. The monoisotopic (exact) mass is 330 g/mol. The fourth-order valence-corrected chi connectivity index (χ4v) is 3.22. The van der Waals surface area contributed by atoms with Gasteiger partial charge in [-0.2, -0.15) is 0 Å². The molecule has 3 aromatic rings. The number of carbonyl (C=O) groups excluding carboxylic acids is 1. The Bertz CT molecular complexity index is 944. The summed E-state index contributed by atoms with van der Waals surface area (Å²) in [5.41, 5.74) is 1.03. The molecule has 0 spiro atoms. The molecule has 0 aliphatic rings. The molecule has 0 bridgehead atoms. The summed E-state index contributed by atoms with van der Waals surface area (Å²) in [7, 11) is 3.16. The maximum atomic E-state index is 12.5. The van der Waals surface area contributed by atoms with Gasteiger partial charge in [-0.25, -0.2) is 9.97 Å². The molecular formula is C15H14N4O3S. The van der Waals surface area contributed by atoms with Gasteiger partial charge >= 0.3 is 0 Å². The molecule has 0 aliphatic heterocycles. The number of methoxy groups -OCH3 is 1. The van der Waals surface area contributed by atoms with Crippen molar-refractivity contribution in [1.29, 1.82) is 0 Å². The SMILES string of the molecule is COc1ccc(NC(=O)c2sc3ncn(C)c(=O)c3c2C)cn1. The van der Waals surface area contributed by atoms with Gasteiger partial charge in [-0.15, -0.1) is 11.3 Å². The molecule has 0 fully saturated rings. The second-order valence-electron chi connectivity index (χ2n) is 4.94. The highest BCUT2D eigenvalue weighted by molar-refractivity contribution is 7.20. The van der Waals surface area contributed by atoms with Gasteiger partial charge in [0.25, 0.3) is 11.5 Å². The van der Waals surface area contributed by atoms with Gasteiger partial charge in [0.1, 0.15) is 4.83 Å². The number of carbonyl (C=O) groups is 1. The minimum atomic E-state index is -0.292. The minimum absolute atomic E-state index is 0.158. The molecule has 3 aromatic heterocycles. The highest BCUT2D eigenvalue weighted by Gasteiger charge is 2.19. The smallest absolute Gasteiger partial charge is 0.266 e. The number of anilines is 1. The summed E-state index contributed by atoms with van der Waals surface area (Å²) in [5, 5.41) is 3.25. The summed E-state index contributed by atoms with van der Waals surface area (Å²) in [6.45, 7) is 1.75. The second-order valence-corrected chi connectivity index (χ2v) is 5.94. The van der Waals surface area contributed by atoms with Gasteiger partial charge in [-0.3, -0.25) is 9.59 Å². The Morgan fingerprint density at radius 2 is 2.13 bits per heavy atom. The van der Waals surface area contributed by atoms with Crippen molar-refractivity contribution in [2.45, 2.75) is 6.92 Å². The first-order valence-electron chi connectivity index (χ1n) is 6.77. The lowest BCUT2D eigenvalue weighted by molar-refractivity contribution is 0.103. The third-order valence-electron chi connectivity index (χ3n) is 3.42. The number of hydrogen-bond donors (Lipinski definition) is 1. The number of aryl methyl sites for hydroxylation is 2. The summed E-state index contributed by atoms with van der Waals surface area (Å²) < 4.78 is 6.38. The molecular weight excluding hydrogens is 316 g/mol. The van der Waals surface area contributed by atoms with E-state index < -0.39 is 0 Å². The van der Waals surface area contributed by atoms with Crippen LogP contribution in [0.2, 0.25) is 0 Å². The number of fused-ring (bicyclic) bond motifs is 1. The lowest BCUT2D eigenvalue weighted by Gasteiger charge is -2.05. The average Bonchev–Trinajstić information content (AvgIpc) is 2.89. The predicted molar refractivity (Wildman–Crippen MR) is 88.3 cm³/mol. The molecule has 3 heterocycles. The molecule has 0 saturated heterocycles. The molecule has 0 atom stereocenters. The van der Waals surface area contributed by atoms with Crippen LogP contribution < -0.4 is 15.6 Å². The van der Waals surface area contributed by atoms with Crippen LogP contribution in [0.5, 0.6) is 5.88 Å². The molecule has 1 amide bonds. The molecule has 0 unspecified atom stereocenters. The van der Waals surface area contributed by atoms with Crippen LogP contribution in [-0.2, 0) is 7.05 Å². The molecule has 1 N–H and O–H groups in total. The van der Waals surface area contributed by atoms with Gasteiger partial charge in [0.05, 0.1) is 35.6 Å². The van der Waals surface area contributed by atoms with E-state index in [0.717, 1.165) is 0 Å². The topological polar surface area (TPSA) is 86.1 Å². The summed E-state index contributed by atoms with van der Waals surface area (Å²) >= 11 is 1.20. The van der Waals surface area contributed by atoms with Crippen molar-refractivity contribution in [3.63, 3.8) is 0 Å². The molecule has 8 heteroatoms. The van der Waals surface area contributed by atoms with Crippen LogP contribution in [0.4, 0.5) is 5.69 Å². The minimum Gasteiger partial charge on any atom is -0.481 e. The number of aromatic nitrogens is 3. The van der Waals surface area contributed by atoms with Crippen LogP contribution in [0.1, 0.15) is 15.2 Å². The van der Waals surface area contributed by atoms with E-state index in [1.54, 1.807) is 26.1 Å². The van der Waals surface area contributed by atoms with Crippen LogP contribution in [0, 0.1) is 6.92 Å². The Morgan fingerprint density at radius 1 is 1.35 bits per heavy atom. The van der Waals surface area contributed by atoms with Gasteiger partial charge < -0.3 is 14.6 Å². The Labute approximate surface area is 135 Å². The number of rotatable bonds is 3. The number of nitrogens with zero attached hydrogens (tertiary/aromatic N) is 3. The van der Waals surface area contributed by atoms with Crippen LogP contribution in [0.15, 0.2) is 29.5 Å². The van der Waals surface area contributed by atoms with Crippen molar-refractivity contribution in [2.75, 3.05) is 12.4 Å². The first-order valence-corrected chi connectivity index (χ1v) is 7.59. The van der Waals surface area contributed by atoms with Gasteiger partial charge in [0.2, 0.25) is 5.88 Å². The first kappa shape index (κ1) is 15.2. The van der Waals surface area contributed by atoms with Crippen LogP contribution in [-0.4, -0.2) is 27.6 Å². The molecule has 3 rings (SSSR count). The highest BCUT2D eigenvalue weighted by atomic mass is 32.1. The summed E-state index contributed by atoms with van der Waals surface area (Å²) in [6.07, 6.45) is 2.96. The normalized spacial score (nSPS) is 10.7. The van der Waals surface area contributed by atoms with E-state index in [-0.39, 0.29) is 11.5 Å². The maximum absolute atomic E-state index is 12.5. The first-order chi connectivity index (χ1) is 11.0. The van der Waals surface area contributed by atoms with Crippen molar-refractivity contribution in [3.8, 4) is 5.88 Å². The third-order valence-corrected chi connectivity index (χ3v) is 4.62. The Morgan fingerprint density at radius 3 is 2.78 bits per heavy atom. The molecule has 0 aliphatic carbocycles. The quantitative estimate of drug-likeness (QED) is 0.793.